The van der Waals surface area contributed by atoms with Gasteiger partial charge >= 0.3 is 5.97 Å². The van der Waals surface area contributed by atoms with Crippen LogP contribution in [0, 0.1) is 19.8 Å². The number of amides is 1. The van der Waals surface area contributed by atoms with Crippen LogP contribution in [0.1, 0.15) is 41.8 Å². The molecule has 1 rings (SSSR count). The van der Waals surface area contributed by atoms with Gasteiger partial charge in [0.1, 0.15) is 0 Å². The zero-order chi connectivity index (χ0) is 16.0. The zero-order valence-corrected chi connectivity index (χ0v) is 13.6. The van der Waals surface area contributed by atoms with Gasteiger partial charge in [-0.15, -0.1) is 0 Å². The SMILES string of the molecule is COC(=O)CCN(CC(C)C)C(=O)c1ccc(C)c(C)c1. The molecule has 0 unspecified atom stereocenters. The molecular formula is C17H25NO3. The van der Waals surface area contributed by atoms with Crippen LogP contribution in [0.5, 0.6) is 0 Å². The molecule has 0 aromatic heterocycles. The highest BCUT2D eigenvalue weighted by molar-refractivity contribution is 5.94. The zero-order valence-electron chi connectivity index (χ0n) is 13.6. The fourth-order valence-corrected chi connectivity index (χ4v) is 2.10. The minimum atomic E-state index is -0.295. The van der Waals surface area contributed by atoms with Crippen LogP contribution >= 0.6 is 0 Å². The third-order valence-electron chi connectivity index (χ3n) is 3.44. The Bertz CT molecular complexity index is 509. The number of hydrogen-bond acceptors (Lipinski definition) is 3. The molecule has 0 aliphatic carbocycles. The molecule has 1 aromatic rings. The van der Waals surface area contributed by atoms with Crippen LogP contribution in [0.15, 0.2) is 18.2 Å². The van der Waals surface area contributed by atoms with Gasteiger partial charge in [0, 0.05) is 18.7 Å². The first-order valence-corrected chi connectivity index (χ1v) is 7.28. The highest BCUT2D eigenvalue weighted by atomic mass is 16.5. The van der Waals surface area contributed by atoms with Crippen molar-refractivity contribution in [1.29, 1.82) is 0 Å². The average molecular weight is 291 g/mol. The summed E-state index contributed by atoms with van der Waals surface area (Å²) >= 11 is 0. The van der Waals surface area contributed by atoms with Crippen molar-refractivity contribution in [2.45, 2.75) is 34.1 Å². The number of rotatable bonds is 6. The van der Waals surface area contributed by atoms with Gasteiger partial charge in [0.15, 0.2) is 0 Å². The van der Waals surface area contributed by atoms with Crippen molar-refractivity contribution in [2.24, 2.45) is 5.92 Å². The molecule has 0 aliphatic heterocycles. The molecule has 0 spiro atoms. The number of esters is 1. The first-order valence-electron chi connectivity index (χ1n) is 7.28. The first kappa shape index (κ1) is 17.2. The summed E-state index contributed by atoms with van der Waals surface area (Å²) in [5.74, 6) is 0.0190. The van der Waals surface area contributed by atoms with E-state index < -0.39 is 0 Å². The highest BCUT2D eigenvalue weighted by Gasteiger charge is 2.18. The predicted octanol–water partition coefficient (Wildman–Crippen LogP) is 2.96. The summed E-state index contributed by atoms with van der Waals surface area (Å²) in [6, 6.07) is 5.70. The molecule has 0 fully saturated rings. The summed E-state index contributed by atoms with van der Waals surface area (Å²) in [4.78, 5) is 25.6. The standard InChI is InChI=1S/C17H25NO3/c1-12(2)11-18(9-8-16(19)21-5)17(20)15-7-6-13(3)14(4)10-15/h6-7,10,12H,8-9,11H2,1-5H3. The van der Waals surface area contributed by atoms with E-state index >= 15 is 0 Å². The first-order chi connectivity index (χ1) is 9.85. The van der Waals surface area contributed by atoms with E-state index in [0.717, 1.165) is 11.1 Å². The van der Waals surface area contributed by atoms with Gasteiger partial charge in [-0.3, -0.25) is 9.59 Å². The Morgan fingerprint density at radius 2 is 1.86 bits per heavy atom. The molecule has 0 saturated carbocycles. The Morgan fingerprint density at radius 3 is 2.38 bits per heavy atom. The largest absolute Gasteiger partial charge is 0.469 e. The van der Waals surface area contributed by atoms with Crippen LogP contribution in [0.4, 0.5) is 0 Å². The summed E-state index contributed by atoms with van der Waals surface area (Å²) in [6.45, 7) is 9.14. The third kappa shape index (κ3) is 5.21. The van der Waals surface area contributed by atoms with E-state index in [-0.39, 0.29) is 18.3 Å². The molecule has 0 radical (unpaired) electrons. The predicted molar refractivity (Wildman–Crippen MR) is 83.3 cm³/mol. The van der Waals surface area contributed by atoms with Crippen molar-refractivity contribution >= 4 is 11.9 Å². The number of benzene rings is 1. The van der Waals surface area contributed by atoms with Crippen LogP contribution in [0.25, 0.3) is 0 Å². The van der Waals surface area contributed by atoms with Gasteiger partial charge in [-0.25, -0.2) is 0 Å². The smallest absolute Gasteiger partial charge is 0.307 e. The number of carbonyl (C=O) groups excluding carboxylic acids is 2. The molecule has 0 N–H and O–H groups in total. The van der Waals surface area contributed by atoms with E-state index in [9.17, 15) is 9.59 Å². The minimum absolute atomic E-state index is 0.0318. The van der Waals surface area contributed by atoms with E-state index in [4.69, 9.17) is 0 Å². The molecule has 0 heterocycles. The normalized spacial score (nSPS) is 10.6. The van der Waals surface area contributed by atoms with Crippen LogP contribution in [0.2, 0.25) is 0 Å². The monoisotopic (exact) mass is 291 g/mol. The van der Waals surface area contributed by atoms with Crippen molar-refractivity contribution in [2.75, 3.05) is 20.2 Å². The molecule has 116 valence electrons. The second-order valence-corrected chi connectivity index (χ2v) is 5.77. The molecule has 1 amide bonds. The van der Waals surface area contributed by atoms with Crippen molar-refractivity contribution in [3.63, 3.8) is 0 Å². The number of methoxy groups -OCH3 is 1. The second kappa shape index (κ2) is 7.81. The summed E-state index contributed by atoms with van der Waals surface area (Å²) in [6.07, 6.45) is 0.222. The highest BCUT2D eigenvalue weighted by Crippen LogP contribution is 2.13. The summed E-state index contributed by atoms with van der Waals surface area (Å²) in [5.41, 5.74) is 2.93. The lowest BCUT2D eigenvalue weighted by molar-refractivity contribution is -0.140. The topological polar surface area (TPSA) is 46.6 Å². The molecule has 4 nitrogen and oxygen atoms in total. The van der Waals surface area contributed by atoms with Crippen molar-refractivity contribution in [3.8, 4) is 0 Å². The number of carbonyl (C=O) groups is 2. The Labute approximate surface area is 127 Å². The van der Waals surface area contributed by atoms with E-state index in [2.05, 4.69) is 18.6 Å². The maximum absolute atomic E-state index is 12.6. The number of aryl methyl sites for hydroxylation is 2. The van der Waals surface area contributed by atoms with E-state index in [1.54, 1.807) is 4.90 Å². The van der Waals surface area contributed by atoms with Crippen LogP contribution in [-0.2, 0) is 9.53 Å². The molecule has 0 bridgehead atoms. The van der Waals surface area contributed by atoms with Crippen molar-refractivity contribution in [1.82, 2.24) is 4.90 Å². The number of nitrogens with zero attached hydrogens (tertiary/aromatic N) is 1. The molecule has 4 heteroatoms. The Balaban J connectivity index is 2.87. The quantitative estimate of drug-likeness (QED) is 0.757. The van der Waals surface area contributed by atoms with Crippen LogP contribution in [0.3, 0.4) is 0 Å². The number of hydrogen-bond donors (Lipinski definition) is 0. The van der Waals surface area contributed by atoms with Gasteiger partial charge in [-0.2, -0.15) is 0 Å². The fourth-order valence-electron chi connectivity index (χ4n) is 2.10. The third-order valence-corrected chi connectivity index (χ3v) is 3.44. The Morgan fingerprint density at radius 1 is 1.19 bits per heavy atom. The maximum Gasteiger partial charge on any atom is 0.307 e. The van der Waals surface area contributed by atoms with Gasteiger partial charge in [-0.05, 0) is 43.0 Å². The van der Waals surface area contributed by atoms with Crippen LogP contribution in [-0.4, -0.2) is 37.0 Å². The maximum atomic E-state index is 12.6. The van der Waals surface area contributed by atoms with Gasteiger partial charge < -0.3 is 9.64 Å². The lowest BCUT2D eigenvalue weighted by atomic mass is 10.0. The van der Waals surface area contributed by atoms with Gasteiger partial charge in [0.2, 0.25) is 0 Å². The van der Waals surface area contributed by atoms with Crippen molar-refractivity contribution < 1.29 is 14.3 Å². The van der Waals surface area contributed by atoms with Gasteiger partial charge in [-0.1, -0.05) is 19.9 Å². The Kier molecular flexibility index (Phi) is 6.40. The Hall–Kier alpha value is -1.84. The number of ether oxygens (including phenoxy) is 1. The fraction of sp³-hybridized carbons (Fsp3) is 0.529. The molecule has 0 aliphatic rings. The molecule has 0 saturated heterocycles. The average Bonchev–Trinajstić information content (AvgIpc) is 2.44. The van der Waals surface area contributed by atoms with E-state index in [1.807, 2.05) is 32.0 Å². The van der Waals surface area contributed by atoms with Crippen molar-refractivity contribution in [3.05, 3.63) is 34.9 Å². The molecular weight excluding hydrogens is 266 g/mol. The molecule has 1 aromatic carbocycles. The molecule has 21 heavy (non-hydrogen) atoms. The van der Waals surface area contributed by atoms with Gasteiger partial charge in [0.25, 0.3) is 5.91 Å². The lowest BCUT2D eigenvalue weighted by Gasteiger charge is -2.24. The summed E-state index contributed by atoms with van der Waals surface area (Å²) in [5, 5.41) is 0. The summed E-state index contributed by atoms with van der Waals surface area (Å²) < 4.78 is 4.65. The van der Waals surface area contributed by atoms with Gasteiger partial charge in [0.05, 0.1) is 13.5 Å². The van der Waals surface area contributed by atoms with E-state index in [1.165, 1.54) is 7.11 Å². The second-order valence-electron chi connectivity index (χ2n) is 5.77. The lowest BCUT2D eigenvalue weighted by Crippen LogP contribution is -2.36. The minimum Gasteiger partial charge on any atom is -0.469 e. The van der Waals surface area contributed by atoms with Crippen LogP contribution < -0.4 is 0 Å². The molecule has 0 atom stereocenters. The summed E-state index contributed by atoms with van der Waals surface area (Å²) in [7, 11) is 1.36. The van der Waals surface area contributed by atoms with E-state index in [0.29, 0.717) is 24.6 Å².